The molecular formula is C12H16Cl2N6. The molecule has 0 aromatic carbocycles. The van der Waals surface area contributed by atoms with Crippen LogP contribution in [-0.2, 0) is 13.5 Å². The molecule has 8 heteroatoms. The van der Waals surface area contributed by atoms with Crippen LogP contribution >= 0.6 is 23.2 Å². The lowest BCUT2D eigenvalue weighted by atomic mass is 10.3. The molecule has 0 fully saturated rings. The topological polar surface area (TPSA) is 67.7 Å². The number of hydrogen-bond acceptors (Lipinski definition) is 5. The molecule has 0 unspecified atom stereocenters. The van der Waals surface area contributed by atoms with Crippen molar-refractivity contribution in [2.75, 3.05) is 23.7 Å². The fraction of sp³-hybridized carbons (Fsp3) is 0.417. The summed E-state index contributed by atoms with van der Waals surface area (Å²) in [6, 6.07) is 1.68. The molecule has 2 aromatic heterocycles. The van der Waals surface area contributed by atoms with Gasteiger partial charge in [0, 0.05) is 26.6 Å². The number of hydrogen-bond donors (Lipinski definition) is 2. The molecule has 0 bridgehead atoms. The quantitative estimate of drug-likeness (QED) is 0.857. The molecule has 2 N–H and O–H groups in total. The van der Waals surface area contributed by atoms with Crippen LogP contribution in [0.2, 0.25) is 10.0 Å². The van der Waals surface area contributed by atoms with Gasteiger partial charge in [0.05, 0.1) is 10.0 Å². The van der Waals surface area contributed by atoms with E-state index in [1.807, 2.05) is 14.0 Å². The van der Waals surface area contributed by atoms with Crippen LogP contribution in [-0.4, -0.2) is 32.8 Å². The monoisotopic (exact) mass is 314 g/mol. The second kappa shape index (κ2) is 6.76. The second-order valence-corrected chi connectivity index (χ2v) is 5.01. The van der Waals surface area contributed by atoms with Crippen molar-refractivity contribution in [2.24, 2.45) is 7.05 Å². The first-order valence-electron chi connectivity index (χ1n) is 6.28. The number of anilines is 2. The van der Waals surface area contributed by atoms with E-state index in [0.717, 1.165) is 12.4 Å². The zero-order valence-corrected chi connectivity index (χ0v) is 12.8. The van der Waals surface area contributed by atoms with Gasteiger partial charge < -0.3 is 10.6 Å². The summed E-state index contributed by atoms with van der Waals surface area (Å²) in [7, 11) is 1.84. The molecule has 20 heavy (non-hydrogen) atoms. The highest BCUT2D eigenvalue weighted by Crippen LogP contribution is 2.28. The van der Waals surface area contributed by atoms with E-state index in [2.05, 4.69) is 25.7 Å². The largest absolute Gasteiger partial charge is 0.369 e. The van der Waals surface area contributed by atoms with Gasteiger partial charge in [-0.1, -0.05) is 23.2 Å². The number of nitrogens with one attached hydrogen (secondary N) is 2. The summed E-state index contributed by atoms with van der Waals surface area (Å²) >= 11 is 12.2. The van der Waals surface area contributed by atoms with Crippen LogP contribution in [0.4, 0.5) is 11.6 Å². The first-order valence-corrected chi connectivity index (χ1v) is 7.04. The smallest absolute Gasteiger partial charge is 0.152 e. The summed E-state index contributed by atoms with van der Waals surface area (Å²) in [4.78, 5) is 8.52. The van der Waals surface area contributed by atoms with Gasteiger partial charge in [0.1, 0.15) is 18.0 Å². The van der Waals surface area contributed by atoms with Gasteiger partial charge in [-0.3, -0.25) is 4.68 Å². The van der Waals surface area contributed by atoms with E-state index in [0.29, 0.717) is 34.6 Å². The molecule has 2 rings (SSSR count). The van der Waals surface area contributed by atoms with Crippen LogP contribution in [0.25, 0.3) is 0 Å². The van der Waals surface area contributed by atoms with Crippen LogP contribution in [0, 0.1) is 0 Å². The van der Waals surface area contributed by atoms with E-state index in [-0.39, 0.29) is 0 Å². The van der Waals surface area contributed by atoms with E-state index in [9.17, 15) is 0 Å². The Morgan fingerprint density at radius 3 is 2.50 bits per heavy atom. The molecule has 0 aliphatic carbocycles. The molecule has 0 aliphatic heterocycles. The zero-order valence-electron chi connectivity index (χ0n) is 11.3. The maximum Gasteiger partial charge on any atom is 0.152 e. The third-order valence-corrected chi connectivity index (χ3v) is 3.14. The molecule has 0 amide bonds. The second-order valence-electron chi connectivity index (χ2n) is 4.19. The normalized spacial score (nSPS) is 10.6. The number of halogens is 2. The van der Waals surface area contributed by atoms with E-state index >= 15 is 0 Å². The Labute approximate surface area is 127 Å². The van der Waals surface area contributed by atoms with Gasteiger partial charge in [-0.25, -0.2) is 9.97 Å². The Bertz CT molecular complexity index is 583. The van der Waals surface area contributed by atoms with Gasteiger partial charge in [0.2, 0.25) is 0 Å². The summed E-state index contributed by atoms with van der Waals surface area (Å²) in [5, 5.41) is 11.5. The van der Waals surface area contributed by atoms with E-state index in [4.69, 9.17) is 23.2 Å². The molecular weight excluding hydrogens is 299 g/mol. The lowest BCUT2D eigenvalue weighted by molar-refractivity contribution is 0.742. The highest BCUT2D eigenvalue weighted by molar-refractivity contribution is 6.37. The molecule has 0 radical (unpaired) electrons. The van der Waals surface area contributed by atoms with Crippen LogP contribution in [0.15, 0.2) is 12.4 Å². The van der Waals surface area contributed by atoms with Gasteiger partial charge in [-0.15, -0.1) is 0 Å². The number of rotatable bonds is 6. The number of aromatic nitrogens is 4. The summed E-state index contributed by atoms with van der Waals surface area (Å²) in [6.45, 7) is 3.36. The highest BCUT2D eigenvalue weighted by Gasteiger charge is 2.09. The van der Waals surface area contributed by atoms with Crippen molar-refractivity contribution in [3.8, 4) is 0 Å². The fourth-order valence-corrected chi connectivity index (χ4v) is 2.17. The summed E-state index contributed by atoms with van der Waals surface area (Å²) in [5.41, 5.74) is 0. The Morgan fingerprint density at radius 1 is 1.20 bits per heavy atom. The maximum absolute atomic E-state index is 6.11. The predicted molar refractivity (Wildman–Crippen MR) is 81.6 cm³/mol. The van der Waals surface area contributed by atoms with E-state index in [1.165, 1.54) is 0 Å². The molecule has 0 saturated carbocycles. The minimum atomic E-state index is 0.491. The summed E-state index contributed by atoms with van der Waals surface area (Å²) in [6.07, 6.45) is 2.37. The highest BCUT2D eigenvalue weighted by atomic mass is 35.5. The van der Waals surface area contributed by atoms with E-state index in [1.54, 1.807) is 17.1 Å². The third-order valence-electron chi connectivity index (χ3n) is 2.56. The van der Waals surface area contributed by atoms with Crippen molar-refractivity contribution in [2.45, 2.75) is 13.3 Å². The molecule has 0 saturated heterocycles. The minimum Gasteiger partial charge on any atom is -0.369 e. The fourth-order valence-electron chi connectivity index (χ4n) is 1.67. The Kier molecular flexibility index (Phi) is 5.03. The van der Waals surface area contributed by atoms with Crippen molar-refractivity contribution in [3.05, 3.63) is 28.3 Å². The van der Waals surface area contributed by atoms with Gasteiger partial charge in [-0.05, 0) is 13.0 Å². The number of pyridine rings is 1. The Morgan fingerprint density at radius 2 is 1.90 bits per heavy atom. The first kappa shape index (κ1) is 14.9. The lowest BCUT2D eigenvalue weighted by Gasteiger charge is -2.11. The molecule has 6 nitrogen and oxygen atoms in total. The lowest BCUT2D eigenvalue weighted by Crippen LogP contribution is -2.10. The standard InChI is InChI=1S/C12H16Cl2N6/c1-3-15-11-8(13)6-9(14)12(18-11)16-5-4-10-17-7-20(2)19-10/h6-7H,3-5H2,1-2H3,(H2,15,16,18). The van der Waals surface area contributed by atoms with Gasteiger partial charge in [0.25, 0.3) is 0 Å². The van der Waals surface area contributed by atoms with Crippen LogP contribution in [0.3, 0.4) is 0 Å². The molecule has 0 atom stereocenters. The Balaban J connectivity index is 1.99. The van der Waals surface area contributed by atoms with Crippen LogP contribution in [0.1, 0.15) is 12.7 Å². The Hall–Kier alpha value is -1.53. The SMILES string of the molecule is CCNc1nc(NCCc2ncn(C)n2)c(Cl)cc1Cl. The van der Waals surface area contributed by atoms with Crippen molar-refractivity contribution < 1.29 is 0 Å². The molecule has 2 aromatic rings. The molecule has 0 spiro atoms. The van der Waals surface area contributed by atoms with Crippen molar-refractivity contribution in [3.63, 3.8) is 0 Å². The number of aryl methyl sites for hydroxylation is 1. The first-order chi connectivity index (χ1) is 9.60. The zero-order chi connectivity index (χ0) is 14.5. The minimum absolute atomic E-state index is 0.491. The van der Waals surface area contributed by atoms with Crippen molar-refractivity contribution in [1.82, 2.24) is 19.7 Å². The van der Waals surface area contributed by atoms with Crippen LogP contribution < -0.4 is 10.6 Å². The molecule has 0 aliphatic rings. The average molecular weight is 315 g/mol. The predicted octanol–water partition coefficient (Wildman–Crippen LogP) is 2.60. The molecule has 108 valence electrons. The summed E-state index contributed by atoms with van der Waals surface area (Å²) < 4.78 is 1.67. The van der Waals surface area contributed by atoms with Gasteiger partial charge >= 0.3 is 0 Å². The van der Waals surface area contributed by atoms with Crippen molar-refractivity contribution >= 4 is 34.8 Å². The van der Waals surface area contributed by atoms with E-state index < -0.39 is 0 Å². The van der Waals surface area contributed by atoms with Crippen molar-refractivity contribution in [1.29, 1.82) is 0 Å². The van der Waals surface area contributed by atoms with Crippen LogP contribution in [0.5, 0.6) is 0 Å². The third kappa shape index (κ3) is 3.74. The molecule has 2 heterocycles. The van der Waals surface area contributed by atoms with Gasteiger partial charge in [-0.2, -0.15) is 5.10 Å². The number of nitrogens with zero attached hydrogens (tertiary/aromatic N) is 4. The van der Waals surface area contributed by atoms with Gasteiger partial charge in [0.15, 0.2) is 5.82 Å². The maximum atomic E-state index is 6.11. The average Bonchev–Trinajstić information content (AvgIpc) is 2.81. The summed E-state index contributed by atoms with van der Waals surface area (Å²) in [5.74, 6) is 2.00.